The molecule has 1 aromatic rings. The Labute approximate surface area is 124 Å². The molecule has 0 aliphatic carbocycles. The Morgan fingerprint density at radius 2 is 2.14 bits per heavy atom. The zero-order chi connectivity index (χ0) is 14.9. The summed E-state index contributed by atoms with van der Waals surface area (Å²) in [4.78, 5) is 19.4. The molecule has 2 aliphatic rings. The molecule has 0 bridgehead atoms. The molecule has 0 aromatic heterocycles. The number of hydrogen-bond donors (Lipinski definition) is 2. The number of benzene rings is 1. The van der Waals surface area contributed by atoms with Crippen LogP contribution in [0.5, 0.6) is 5.75 Å². The number of fused-ring (bicyclic) bond motifs is 1. The van der Waals surface area contributed by atoms with E-state index in [0.29, 0.717) is 0 Å². The van der Waals surface area contributed by atoms with Gasteiger partial charge in [-0.3, -0.25) is 4.79 Å². The summed E-state index contributed by atoms with van der Waals surface area (Å²) in [6.07, 6.45) is 2.04. The highest BCUT2D eigenvalue weighted by Crippen LogP contribution is 2.46. The van der Waals surface area contributed by atoms with E-state index in [-0.39, 0.29) is 12.3 Å². The molecule has 1 aromatic carbocycles. The predicted molar refractivity (Wildman–Crippen MR) is 79.0 cm³/mol. The molecule has 1 atom stereocenters. The molecule has 0 amide bonds. The van der Waals surface area contributed by atoms with Gasteiger partial charge in [0.1, 0.15) is 0 Å². The quantitative estimate of drug-likeness (QED) is 0.888. The summed E-state index contributed by atoms with van der Waals surface area (Å²) in [5.74, 6) is 0.248. The Kier molecular flexibility index (Phi) is 3.87. The molecule has 1 unspecified atom stereocenters. The fourth-order valence-corrected chi connectivity index (χ4v) is 3.68. The zero-order valence-electron chi connectivity index (χ0n) is 12.3. The van der Waals surface area contributed by atoms with Crippen molar-refractivity contribution in [1.29, 1.82) is 0 Å². The molecule has 2 heterocycles. The second-order valence-corrected chi connectivity index (χ2v) is 5.95. The van der Waals surface area contributed by atoms with Crippen LogP contribution in [0.25, 0.3) is 0 Å². The van der Waals surface area contributed by atoms with Crippen molar-refractivity contribution < 1.29 is 14.7 Å². The molecule has 114 valence electrons. The van der Waals surface area contributed by atoms with Gasteiger partial charge in [0.15, 0.2) is 5.75 Å². The first-order chi connectivity index (χ1) is 10.2. The van der Waals surface area contributed by atoms with Gasteiger partial charge in [0.25, 0.3) is 0 Å². The Balaban J connectivity index is 1.91. The second-order valence-electron chi connectivity index (χ2n) is 5.95. The van der Waals surface area contributed by atoms with Gasteiger partial charge in [0, 0.05) is 5.56 Å². The van der Waals surface area contributed by atoms with E-state index in [0.717, 1.165) is 43.8 Å². The van der Waals surface area contributed by atoms with Gasteiger partial charge >= 0.3 is 5.97 Å². The third-order valence-corrected chi connectivity index (χ3v) is 4.87. The number of para-hydroxylation sites is 1. The first-order valence-electron chi connectivity index (χ1n) is 7.63. The number of carboxylic acids is 1. The molecule has 0 saturated carbocycles. The van der Waals surface area contributed by atoms with Gasteiger partial charge in [-0.05, 0) is 44.5 Å². The molecule has 5 heteroatoms. The van der Waals surface area contributed by atoms with Crippen molar-refractivity contribution in [2.75, 3.05) is 19.6 Å². The summed E-state index contributed by atoms with van der Waals surface area (Å²) in [6.45, 7) is 5.26. The number of likely N-dealkylation sites (tertiary alicyclic amines) is 1. The van der Waals surface area contributed by atoms with Crippen molar-refractivity contribution >= 4 is 5.97 Å². The van der Waals surface area contributed by atoms with Crippen LogP contribution in [0.4, 0.5) is 0 Å². The highest BCUT2D eigenvalue weighted by molar-refractivity contribution is 5.70. The molecule has 21 heavy (non-hydrogen) atoms. The van der Waals surface area contributed by atoms with Gasteiger partial charge in [-0.25, -0.2) is 0 Å². The van der Waals surface area contributed by atoms with Crippen molar-refractivity contribution in [2.45, 2.75) is 31.7 Å². The molecule has 1 fully saturated rings. The third-order valence-electron chi connectivity index (χ3n) is 4.87. The number of rotatable bonds is 4. The van der Waals surface area contributed by atoms with Crippen molar-refractivity contribution in [3.05, 3.63) is 29.8 Å². The lowest BCUT2D eigenvalue weighted by Crippen LogP contribution is -2.51. The molecule has 5 nitrogen and oxygen atoms in total. The van der Waals surface area contributed by atoms with Gasteiger partial charge in [0.2, 0.25) is 0 Å². The lowest BCUT2D eigenvalue weighted by atomic mass is 9.72. The molecule has 2 aliphatic heterocycles. The fraction of sp³-hybridized carbons (Fsp3) is 0.562. The first kappa shape index (κ1) is 14.4. The topological polar surface area (TPSA) is 61.8 Å². The smallest absolute Gasteiger partial charge is 0.305 e. The van der Waals surface area contributed by atoms with Gasteiger partial charge < -0.3 is 14.8 Å². The first-order valence-corrected chi connectivity index (χ1v) is 7.63. The summed E-state index contributed by atoms with van der Waals surface area (Å²) in [5.41, 5.74) is 3.46. The largest absolute Gasteiger partial charge is 0.481 e. The van der Waals surface area contributed by atoms with Gasteiger partial charge in [-0.15, -0.1) is 5.48 Å². The van der Waals surface area contributed by atoms with Crippen molar-refractivity contribution in [1.82, 2.24) is 10.4 Å². The van der Waals surface area contributed by atoms with Crippen molar-refractivity contribution in [3.8, 4) is 5.75 Å². The maximum atomic E-state index is 11.4. The Bertz CT molecular complexity index is 526. The summed E-state index contributed by atoms with van der Waals surface area (Å²) < 4.78 is 0. The van der Waals surface area contributed by atoms with Crippen LogP contribution in [0.1, 0.15) is 31.7 Å². The summed E-state index contributed by atoms with van der Waals surface area (Å²) in [6, 6.07) is 7.75. The average molecular weight is 290 g/mol. The van der Waals surface area contributed by atoms with E-state index in [1.165, 1.54) is 0 Å². The Morgan fingerprint density at radius 1 is 1.43 bits per heavy atom. The van der Waals surface area contributed by atoms with Gasteiger partial charge in [0.05, 0.1) is 12.0 Å². The fourth-order valence-electron chi connectivity index (χ4n) is 3.68. The minimum Gasteiger partial charge on any atom is -0.481 e. The summed E-state index contributed by atoms with van der Waals surface area (Å²) in [7, 11) is 0. The van der Waals surface area contributed by atoms with E-state index in [2.05, 4.69) is 17.3 Å². The SMILES string of the molecule is CCN1CCC(C2(CC(=O)O)NOc3ccccc32)CC1. The molecule has 1 saturated heterocycles. The lowest BCUT2D eigenvalue weighted by Gasteiger charge is -2.41. The number of carboxylic acid groups (broad SMARTS) is 1. The van der Waals surface area contributed by atoms with Crippen LogP contribution in [-0.4, -0.2) is 35.6 Å². The van der Waals surface area contributed by atoms with Crippen molar-refractivity contribution in [2.24, 2.45) is 5.92 Å². The van der Waals surface area contributed by atoms with E-state index in [1.54, 1.807) is 0 Å². The number of nitrogens with one attached hydrogen (secondary N) is 1. The van der Waals surface area contributed by atoms with Gasteiger partial charge in [-0.1, -0.05) is 25.1 Å². The summed E-state index contributed by atoms with van der Waals surface area (Å²) in [5, 5.41) is 9.39. The van der Waals surface area contributed by atoms with Crippen LogP contribution < -0.4 is 10.3 Å². The monoisotopic (exact) mass is 290 g/mol. The summed E-state index contributed by atoms with van der Waals surface area (Å²) >= 11 is 0. The Hall–Kier alpha value is -1.59. The van der Waals surface area contributed by atoms with E-state index >= 15 is 0 Å². The Morgan fingerprint density at radius 3 is 2.81 bits per heavy atom. The number of hydroxylamine groups is 1. The predicted octanol–water partition coefficient (Wildman–Crippen LogP) is 1.99. The van der Waals surface area contributed by atoms with Crippen LogP contribution in [0, 0.1) is 5.92 Å². The number of hydrogen-bond acceptors (Lipinski definition) is 4. The van der Waals surface area contributed by atoms with Crippen LogP contribution in [0.3, 0.4) is 0 Å². The van der Waals surface area contributed by atoms with Crippen molar-refractivity contribution in [3.63, 3.8) is 0 Å². The van der Waals surface area contributed by atoms with Crippen LogP contribution in [-0.2, 0) is 10.3 Å². The maximum absolute atomic E-state index is 11.4. The normalized spacial score (nSPS) is 26.3. The van der Waals surface area contributed by atoms with Crippen LogP contribution in [0.15, 0.2) is 24.3 Å². The van der Waals surface area contributed by atoms with E-state index in [1.807, 2.05) is 24.3 Å². The van der Waals surface area contributed by atoms with Gasteiger partial charge in [-0.2, -0.15) is 0 Å². The average Bonchev–Trinajstić information content (AvgIpc) is 2.87. The van der Waals surface area contributed by atoms with E-state index in [9.17, 15) is 9.90 Å². The molecular formula is C16H22N2O3. The second kappa shape index (κ2) is 5.66. The molecule has 0 radical (unpaired) electrons. The standard InChI is InChI=1S/C16H22N2O3/c1-2-18-9-7-12(8-10-18)16(11-15(19)20)13-5-3-4-6-14(13)21-17-16/h3-6,12,17H,2,7-11H2,1H3,(H,19,20). The number of aliphatic carboxylic acids is 1. The highest BCUT2D eigenvalue weighted by Gasteiger charge is 2.49. The maximum Gasteiger partial charge on any atom is 0.305 e. The van der Waals surface area contributed by atoms with Crippen LogP contribution in [0.2, 0.25) is 0 Å². The highest BCUT2D eigenvalue weighted by atomic mass is 16.7. The number of nitrogens with zero attached hydrogens (tertiary/aromatic N) is 1. The van der Waals surface area contributed by atoms with E-state index in [4.69, 9.17) is 4.84 Å². The number of piperidine rings is 1. The molecular weight excluding hydrogens is 268 g/mol. The molecule has 3 rings (SSSR count). The molecule has 0 spiro atoms. The van der Waals surface area contributed by atoms with E-state index < -0.39 is 11.5 Å². The minimum absolute atomic E-state index is 0.0564. The third kappa shape index (κ3) is 2.51. The van der Waals surface area contributed by atoms with Crippen LogP contribution >= 0.6 is 0 Å². The number of carbonyl (C=O) groups is 1. The lowest BCUT2D eigenvalue weighted by molar-refractivity contribution is -0.141. The molecule has 2 N–H and O–H groups in total. The minimum atomic E-state index is -0.791. The zero-order valence-corrected chi connectivity index (χ0v) is 12.3.